The second kappa shape index (κ2) is 9.23. The molecule has 0 radical (unpaired) electrons. The molecular weight excluding hydrogens is 376 g/mol. The Morgan fingerprint density at radius 2 is 1.71 bits per heavy atom. The van der Waals surface area contributed by atoms with Crippen LogP contribution in [0.3, 0.4) is 0 Å². The zero-order chi connectivity index (χ0) is 19.9. The number of aromatic nitrogens is 1. The monoisotopic (exact) mass is 398 g/mol. The highest BCUT2D eigenvalue weighted by molar-refractivity contribution is 7.13. The molecule has 0 saturated heterocycles. The van der Waals surface area contributed by atoms with Crippen LogP contribution in [0.5, 0.6) is 17.2 Å². The lowest BCUT2D eigenvalue weighted by molar-refractivity contribution is 0.0950. The van der Waals surface area contributed by atoms with Gasteiger partial charge in [0.1, 0.15) is 28.0 Å². The molecule has 0 unspecified atom stereocenters. The van der Waals surface area contributed by atoms with E-state index in [1.165, 1.54) is 11.3 Å². The number of methoxy groups -OCH3 is 3. The summed E-state index contributed by atoms with van der Waals surface area (Å²) < 4.78 is 15.7. The van der Waals surface area contributed by atoms with Crippen LogP contribution < -0.4 is 19.5 Å². The highest BCUT2D eigenvalue weighted by atomic mass is 32.1. The van der Waals surface area contributed by atoms with E-state index in [1.807, 2.05) is 42.5 Å². The largest absolute Gasteiger partial charge is 0.497 e. The first-order valence-electron chi connectivity index (χ1n) is 8.73. The molecule has 0 bridgehead atoms. The van der Waals surface area contributed by atoms with Crippen molar-refractivity contribution >= 4 is 17.2 Å². The highest BCUT2D eigenvalue weighted by Crippen LogP contribution is 2.26. The second-order valence-electron chi connectivity index (χ2n) is 5.95. The molecule has 0 aliphatic rings. The van der Waals surface area contributed by atoms with Crippen LogP contribution in [-0.4, -0.2) is 38.8 Å². The number of hydrogen-bond donors (Lipinski definition) is 1. The lowest BCUT2D eigenvalue weighted by Gasteiger charge is -2.10. The molecule has 1 amide bonds. The molecule has 0 atom stereocenters. The van der Waals surface area contributed by atoms with Gasteiger partial charge in [0.25, 0.3) is 5.91 Å². The molecule has 0 fully saturated rings. The van der Waals surface area contributed by atoms with Gasteiger partial charge in [0.2, 0.25) is 0 Å². The lowest BCUT2D eigenvalue weighted by atomic mass is 10.1. The lowest BCUT2D eigenvalue weighted by Crippen LogP contribution is -2.26. The standard InChI is InChI=1S/C21H22N2O4S/c1-25-16-7-5-15(6-8-16)21-23-18(13-28-21)20(24)22-11-10-14-4-9-17(26-2)12-19(14)27-3/h4-9,12-13H,10-11H2,1-3H3,(H,22,24). The average Bonchev–Trinajstić information content (AvgIpc) is 3.24. The summed E-state index contributed by atoms with van der Waals surface area (Å²) in [5, 5.41) is 5.47. The van der Waals surface area contributed by atoms with Gasteiger partial charge in [-0.1, -0.05) is 6.07 Å². The van der Waals surface area contributed by atoms with Crippen LogP contribution in [0, 0.1) is 0 Å². The maximum absolute atomic E-state index is 12.4. The molecule has 0 spiro atoms. The molecule has 0 aliphatic heterocycles. The Labute approximate surface area is 168 Å². The van der Waals surface area contributed by atoms with E-state index in [-0.39, 0.29) is 5.91 Å². The van der Waals surface area contributed by atoms with Crippen molar-refractivity contribution in [1.29, 1.82) is 0 Å². The first kappa shape index (κ1) is 19.7. The Morgan fingerprint density at radius 3 is 2.39 bits per heavy atom. The zero-order valence-corrected chi connectivity index (χ0v) is 16.8. The van der Waals surface area contributed by atoms with Crippen molar-refractivity contribution < 1.29 is 19.0 Å². The van der Waals surface area contributed by atoms with E-state index in [0.29, 0.717) is 18.7 Å². The Kier molecular flexibility index (Phi) is 6.49. The van der Waals surface area contributed by atoms with Crippen LogP contribution >= 0.6 is 11.3 Å². The fraction of sp³-hybridized carbons (Fsp3) is 0.238. The maximum Gasteiger partial charge on any atom is 0.270 e. The molecule has 1 aromatic heterocycles. The molecule has 6 nitrogen and oxygen atoms in total. The maximum atomic E-state index is 12.4. The summed E-state index contributed by atoms with van der Waals surface area (Å²) in [6, 6.07) is 13.2. The number of carbonyl (C=O) groups excluding carboxylic acids is 1. The fourth-order valence-corrected chi connectivity index (χ4v) is 3.51. The number of thiazole rings is 1. The second-order valence-corrected chi connectivity index (χ2v) is 6.81. The number of nitrogens with zero attached hydrogens (tertiary/aromatic N) is 1. The third kappa shape index (κ3) is 4.61. The van der Waals surface area contributed by atoms with E-state index in [0.717, 1.165) is 33.4 Å². The molecule has 3 rings (SSSR count). The topological polar surface area (TPSA) is 69.7 Å². The summed E-state index contributed by atoms with van der Waals surface area (Å²) in [5.41, 5.74) is 2.37. The van der Waals surface area contributed by atoms with Crippen molar-refractivity contribution in [3.05, 3.63) is 59.1 Å². The fourth-order valence-electron chi connectivity index (χ4n) is 2.70. The quantitative estimate of drug-likeness (QED) is 0.625. The third-order valence-corrected chi connectivity index (χ3v) is 5.14. The minimum atomic E-state index is -0.191. The van der Waals surface area contributed by atoms with E-state index < -0.39 is 0 Å². The van der Waals surface area contributed by atoms with Crippen LogP contribution in [0.1, 0.15) is 16.1 Å². The van der Waals surface area contributed by atoms with Gasteiger partial charge in [0, 0.05) is 23.6 Å². The van der Waals surface area contributed by atoms with Crippen molar-refractivity contribution in [3.63, 3.8) is 0 Å². The van der Waals surface area contributed by atoms with Gasteiger partial charge in [0.15, 0.2) is 0 Å². The number of carbonyl (C=O) groups is 1. The summed E-state index contributed by atoms with van der Waals surface area (Å²) in [4.78, 5) is 16.8. The van der Waals surface area contributed by atoms with Crippen LogP contribution in [0.25, 0.3) is 10.6 Å². The van der Waals surface area contributed by atoms with Gasteiger partial charge in [0.05, 0.1) is 21.3 Å². The molecule has 0 saturated carbocycles. The van der Waals surface area contributed by atoms with Gasteiger partial charge < -0.3 is 19.5 Å². The molecule has 146 valence electrons. The molecule has 0 aliphatic carbocycles. The Hall–Kier alpha value is -3.06. The molecular formula is C21H22N2O4S. The summed E-state index contributed by atoms with van der Waals surface area (Å²) in [6.45, 7) is 0.483. The van der Waals surface area contributed by atoms with Crippen LogP contribution in [0.2, 0.25) is 0 Å². The van der Waals surface area contributed by atoms with Gasteiger partial charge in [-0.25, -0.2) is 4.98 Å². The smallest absolute Gasteiger partial charge is 0.270 e. The Morgan fingerprint density at radius 1 is 1.00 bits per heavy atom. The number of ether oxygens (including phenoxy) is 3. The van der Waals surface area contributed by atoms with Crippen LogP contribution in [0.15, 0.2) is 47.8 Å². The van der Waals surface area contributed by atoms with Crippen LogP contribution in [0.4, 0.5) is 0 Å². The molecule has 7 heteroatoms. The first-order chi connectivity index (χ1) is 13.6. The van der Waals surface area contributed by atoms with Gasteiger partial charge in [-0.15, -0.1) is 11.3 Å². The van der Waals surface area contributed by atoms with E-state index in [1.54, 1.807) is 26.7 Å². The van der Waals surface area contributed by atoms with E-state index in [2.05, 4.69) is 10.3 Å². The minimum Gasteiger partial charge on any atom is -0.497 e. The van der Waals surface area contributed by atoms with Gasteiger partial charge >= 0.3 is 0 Å². The Balaban J connectivity index is 1.59. The van der Waals surface area contributed by atoms with Crippen molar-refractivity contribution in [2.24, 2.45) is 0 Å². The minimum absolute atomic E-state index is 0.191. The van der Waals surface area contributed by atoms with E-state index in [4.69, 9.17) is 14.2 Å². The Bertz CT molecular complexity index is 938. The van der Waals surface area contributed by atoms with Crippen molar-refractivity contribution in [3.8, 4) is 27.8 Å². The third-order valence-electron chi connectivity index (χ3n) is 4.25. The average molecular weight is 398 g/mol. The molecule has 28 heavy (non-hydrogen) atoms. The van der Waals surface area contributed by atoms with Crippen molar-refractivity contribution in [2.75, 3.05) is 27.9 Å². The number of rotatable bonds is 8. The number of benzene rings is 2. The van der Waals surface area contributed by atoms with E-state index >= 15 is 0 Å². The molecule has 1 heterocycles. The zero-order valence-electron chi connectivity index (χ0n) is 16.0. The predicted molar refractivity (Wildman–Crippen MR) is 110 cm³/mol. The SMILES string of the molecule is COc1ccc(-c2nc(C(=O)NCCc3ccc(OC)cc3OC)cs2)cc1. The highest BCUT2D eigenvalue weighted by Gasteiger charge is 2.12. The summed E-state index contributed by atoms with van der Waals surface area (Å²) in [5.74, 6) is 2.07. The van der Waals surface area contributed by atoms with E-state index in [9.17, 15) is 4.79 Å². The van der Waals surface area contributed by atoms with Crippen molar-refractivity contribution in [2.45, 2.75) is 6.42 Å². The number of amides is 1. The summed E-state index contributed by atoms with van der Waals surface area (Å²) in [7, 11) is 4.86. The normalized spacial score (nSPS) is 10.4. The number of hydrogen-bond acceptors (Lipinski definition) is 6. The summed E-state index contributed by atoms with van der Waals surface area (Å²) >= 11 is 1.44. The molecule has 2 aromatic carbocycles. The number of nitrogens with one attached hydrogen (secondary N) is 1. The summed E-state index contributed by atoms with van der Waals surface area (Å²) in [6.07, 6.45) is 0.647. The van der Waals surface area contributed by atoms with Crippen LogP contribution in [-0.2, 0) is 6.42 Å². The molecule has 1 N–H and O–H groups in total. The molecule has 3 aromatic rings. The van der Waals surface area contributed by atoms with Gasteiger partial charge in [-0.3, -0.25) is 4.79 Å². The van der Waals surface area contributed by atoms with Gasteiger partial charge in [-0.2, -0.15) is 0 Å². The van der Waals surface area contributed by atoms with Gasteiger partial charge in [-0.05, 0) is 42.3 Å². The first-order valence-corrected chi connectivity index (χ1v) is 9.61. The predicted octanol–water partition coefficient (Wildman–Crippen LogP) is 3.81. The van der Waals surface area contributed by atoms with Crippen molar-refractivity contribution in [1.82, 2.24) is 10.3 Å².